The molecule has 1 unspecified atom stereocenters. The number of guanidine groups is 1. The normalized spacial score (nSPS) is 17.4. The number of aliphatic imine (C=N–C) groups is 1. The van der Waals surface area contributed by atoms with Crippen molar-refractivity contribution < 1.29 is 4.74 Å². The van der Waals surface area contributed by atoms with E-state index in [-0.39, 0.29) is 0 Å². The van der Waals surface area contributed by atoms with E-state index in [0.717, 1.165) is 24.8 Å². The molecule has 1 saturated heterocycles. The van der Waals surface area contributed by atoms with Crippen LogP contribution in [0.1, 0.15) is 31.7 Å². The molecule has 2 N–H and O–H groups in total. The summed E-state index contributed by atoms with van der Waals surface area (Å²) in [7, 11) is 3.51. The summed E-state index contributed by atoms with van der Waals surface area (Å²) in [6.07, 6.45) is 4.10. The molecule has 24 heavy (non-hydrogen) atoms. The predicted molar refractivity (Wildman–Crippen MR) is 101 cm³/mol. The molecule has 1 aliphatic heterocycles. The second-order valence-electron chi connectivity index (χ2n) is 6.62. The van der Waals surface area contributed by atoms with E-state index in [1.54, 1.807) is 7.11 Å². The van der Waals surface area contributed by atoms with Gasteiger partial charge in [-0.05, 0) is 49.5 Å². The average Bonchev–Trinajstić information content (AvgIpc) is 2.63. The van der Waals surface area contributed by atoms with Crippen LogP contribution in [0.5, 0.6) is 5.75 Å². The van der Waals surface area contributed by atoms with E-state index in [4.69, 9.17) is 4.74 Å². The van der Waals surface area contributed by atoms with Gasteiger partial charge in [-0.3, -0.25) is 4.99 Å². The van der Waals surface area contributed by atoms with E-state index in [1.165, 1.54) is 44.5 Å². The Labute approximate surface area is 146 Å². The zero-order chi connectivity index (χ0) is 17.2. The summed E-state index contributed by atoms with van der Waals surface area (Å²) in [5, 5.41) is 6.80. The van der Waals surface area contributed by atoms with Gasteiger partial charge in [0.05, 0.1) is 7.11 Å². The van der Waals surface area contributed by atoms with Crippen LogP contribution in [-0.4, -0.2) is 51.2 Å². The first-order valence-corrected chi connectivity index (χ1v) is 9.01. The molecule has 5 heteroatoms. The maximum Gasteiger partial charge on any atom is 0.191 e. The maximum atomic E-state index is 5.26. The van der Waals surface area contributed by atoms with Crippen molar-refractivity contribution in [2.75, 3.05) is 40.3 Å². The summed E-state index contributed by atoms with van der Waals surface area (Å²) in [6.45, 7) is 7.66. The number of nitrogens with one attached hydrogen (secondary N) is 2. The predicted octanol–water partition coefficient (Wildman–Crippen LogP) is 2.48. The minimum atomic E-state index is 0.610. The molecule has 1 fully saturated rings. The highest BCUT2D eigenvalue weighted by atomic mass is 16.5. The Morgan fingerprint density at radius 1 is 1.25 bits per heavy atom. The van der Waals surface area contributed by atoms with E-state index in [9.17, 15) is 0 Å². The van der Waals surface area contributed by atoms with Crippen molar-refractivity contribution >= 4 is 5.96 Å². The van der Waals surface area contributed by atoms with Crippen molar-refractivity contribution in [2.45, 2.75) is 32.7 Å². The zero-order valence-corrected chi connectivity index (χ0v) is 15.3. The van der Waals surface area contributed by atoms with Gasteiger partial charge in [-0.25, -0.2) is 0 Å². The second kappa shape index (κ2) is 10.2. The van der Waals surface area contributed by atoms with Crippen LogP contribution in [0.3, 0.4) is 0 Å². The molecule has 1 heterocycles. The lowest BCUT2D eigenvalue weighted by Gasteiger charge is -2.29. The first-order chi connectivity index (χ1) is 11.7. The van der Waals surface area contributed by atoms with E-state index in [0.29, 0.717) is 5.92 Å². The van der Waals surface area contributed by atoms with Gasteiger partial charge in [-0.15, -0.1) is 0 Å². The molecule has 5 nitrogen and oxygen atoms in total. The van der Waals surface area contributed by atoms with Crippen LogP contribution in [0, 0.1) is 5.92 Å². The molecule has 0 radical (unpaired) electrons. The SMILES string of the molecule is CN=C(NCc1cccc(OC)c1)NCC(C)CN1CCCCC1. The summed E-state index contributed by atoms with van der Waals surface area (Å²) < 4.78 is 5.26. The van der Waals surface area contributed by atoms with Gasteiger partial charge in [-0.2, -0.15) is 0 Å². The molecule has 1 aromatic carbocycles. The molecule has 0 aliphatic carbocycles. The minimum Gasteiger partial charge on any atom is -0.497 e. The van der Waals surface area contributed by atoms with Crippen LogP contribution in [-0.2, 0) is 6.54 Å². The Bertz CT molecular complexity index is 512. The molecule has 1 aromatic rings. The smallest absolute Gasteiger partial charge is 0.191 e. The van der Waals surface area contributed by atoms with Crippen molar-refractivity contribution in [3.63, 3.8) is 0 Å². The number of likely N-dealkylation sites (tertiary alicyclic amines) is 1. The molecule has 2 rings (SSSR count). The number of hydrogen-bond donors (Lipinski definition) is 2. The first-order valence-electron chi connectivity index (χ1n) is 9.01. The van der Waals surface area contributed by atoms with Crippen molar-refractivity contribution in [3.05, 3.63) is 29.8 Å². The molecule has 0 spiro atoms. The first kappa shape index (κ1) is 18.6. The third-order valence-corrected chi connectivity index (χ3v) is 4.45. The van der Waals surface area contributed by atoms with Crippen molar-refractivity contribution in [3.8, 4) is 5.75 Å². The highest BCUT2D eigenvalue weighted by molar-refractivity contribution is 5.79. The highest BCUT2D eigenvalue weighted by Crippen LogP contribution is 2.12. The number of nitrogens with zero attached hydrogens (tertiary/aromatic N) is 2. The summed E-state index contributed by atoms with van der Waals surface area (Å²) in [4.78, 5) is 6.90. The molecule has 0 bridgehead atoms. The van der Waals surface area contributed by atoms with Gasteiger partial charge in [0, 0.05) is 26.7 Å². The Morgan fingerprint density at radius 3 is 2.75 bits per heavy atom. The largest absolute Gasteiger partial charge is 0.497 e. The van der Waals surface area contributed by atoms with Crippen LogP contribution in [0.4, 0.5) is 0 Å². The topological polar surface area (TPSA) is 48.9 Å². The number of piperidine rings is 1. The third kappa shape index (κ3) is 6.40. The van der Waals surface area contributed by atoms with Crippen LogP contribution in [0.25, 0.3) is 0 Å². The van der Waals surface area contributed by atoms with Gasteiger partial charge >= 0.3 is 0 Å². The monoisotopic (exact) mass is 332 g/mol. The number of methoxy groups -OCH3 is 1. The molecule has 134 valence electrons. The summed E-state index contributed by atoms with van der Waals surface area (Å²) in [5.74, 6) is 2.34. The maximum absolute atomic E-state index is 5.26. The molecule has 0 saturated carbocycles. The second-order valence-corrected chi connectivity index (χ2v) is 6.62. The summed E-state index contributed by atoms with van der Waals surface area (Å²) >= 11 is 0. The van der Waals surface area contributed by atoms with Crippen LogP contribution in [0.15, 0.2) is 29.3 Å². The molecule has 1 atom stereocenters. The van der Waals surface area contributed by atoms with Gasteiger partial charge in [0.25, 0.3) is 0 Å². The average molecular weight is 332 g/mol. The zero-order valence-electron chi connectivity index (χ0n) is 15.3. The van der Waals surface area contributed by atoms with E-state index >= 15 is 0 Å². The number of benzene rings is 1. The number of rotatable bonds is 7. The fourth-order valence-corrected chi connectivity index (χ4v) is 3.11. The van der Waals surface area contributed by atoms with Crippen molar-refractivity contribution in [1.82, 2.24) is 15.5 Å². The Morgan fingerprint density at radius 2 is 2.04 bits per heavy atom. The highest BCUT2D eigenvalue weighted by Gasteiger charge is 2.13. The number of ether oxygens (including phenoxy) is 1. The van der Waals surface area contributed by atoms with E-state index in [1.807, 2.05) is 25.2 Å². The van der Waals surface area contributed by atoms with Gasteiger partial charge in [0.1, 0.15) is 5.75 Å². The molecule has 0 aromatic heterocycles. The van der Waals surface area contributed by atoms with Crippen molar-refractivity contribution in [1.29, 1.82) is 0 Å². The minimum absolute atomic E-state index is 0.610. The van der Waals surface area contributed by atoms with Gasteiger partial charge in [0.15, 0.2) is 5.96 Å². The van der Waals surface area contributed by atoms with Crippen LogP contribution >= 0.6 is 0 Å². The lowest BCUT2D eigenvalue weighted by molar-refractivity contribution is 0.201. The summed E-state index contributed by atoms with van der Waals surface area (Å²) in [5.41, 5.74) is 1.18. The third-order valence-electron chi connectivity index (χ3n) is 4.45. The lowest BCUT2D eigenvalue weighted by atomic mass is 10.1. The Balaban J connectivity index is 1.71. The fourth-order valence-electron chi connectivity index (χ4n) is 3.11. The van der Waals surface area contributed by atoms with Gasteiger partial charge in [0.2, 0.25) is 0 Å². The van der Waals surface area contributed by atoms with Crippen molar-refractivity contribution in [2.24, 2.45) is 10.9 Å². The standard InChI is InChI=1S/C19H32N4O/c1-16(15-23-10-5-4-6-11-23)13-21-19(20-2)22-14-17-8-7-9-18(12-17)24-3/h7-9,12,16H,4-6,10-11,13-15H2,1-3H3,(H2,20,21,22). The molecule has 0 amide bonds. The fraction of sp³-hybridized carbons (Fsp3) is 0.632. The lowest BCUT2D eigenvalue weighted by Crippen LogP contribution is -2.42. The Kier molecular flexibility index (Phi) is 7.89. The van der Waals surface area contributed by atoms with E-state index < -0.39 is 0 Å². The Hall–Kier alpha value is -1.75. The summed E-state index contributed by atoms with van der Waals surface area (Å²) in [6, 6.07) is 8.09. The van der Waals surface area contributed by atoms with Gasteiger partial charge < -0.3 is 20.3 Å². The molecular weight excluding hydrogens is 300 g/mol. The molecule has 1 aliphatic rings. The van der Waals surface area contributed by atoms with Crippen LogP contribution in [0.2, 0.25) is 0 Å². The van der Waals surface area contributed by atoms with Gasteiger partial charge in [-0.1, -0.05) is 25.5 Å². The number of hydrogen-bond acceptors (Lipinski definition) is 3. The molecular formula is C19H32N4O. The van der Waals surface area contributed by atoms with E-state index in [2.05, 4.69) is 33.5 Å². The quantitative estimate of drug-likeness (QED) is 0.595. The van der Waals surface area contributed by atoms with Crippen LogP contribution < -0.4 is 15.4 Å².